The van der Waals surface area contributed by atoms with Crippen LogP contribution in [0.4, 0.5) is 0 Å². The van der Waals surface area contributed by atoms with Gasteiger partial charge in [0, 0.05) is 5.92 Å². The lowest BCUT2D eigenvalue weighted by Gasteiger charge is -2.23. The lowest BCUT2D eigenvalue weighted by molar-refractivity contribution is 0.294. The van der Waals surface area contributed by atoms with Crippen LogP contribution in [0, 0.1) is 0 Å². The lowest BCUT2D eigenvalue weighted by atomic mass is 9.84. The Hall–Kier alpha value is -2.49. The van der Waals surface area contributed by atoms with Crippen LogP contribution in [0.3, 0.4) is 0 Å². The van der Waals surface area contributed by atoms with Gasteiger partial charge in [-0.25, -0.2) is 0 Å². The summed E-state index contributed by atoms with van der Waals surface area (Å²) in [6.45, 7) is 1.71. The summed E-state index contributed by atoms with van der Waals surface area (Å²) in [5.41, 5.74) is 3.07. The van der Waals surface area contributed by atoms with Gasteiger partial charge in [-0.1, -0.05) is 18.2 Å². The Kier molecular flexibility index (Phi) is 13.9. The highest BCUT2D eigenvalue weighted by molar-refractivity contribution is 7.80. The van der Waals surface area contributed by atoms with E-state index in [1.807, 2.05) is 36.4 Å². The van der Waals surface area contributed by atoms with Crippen LogP contribution in [0.2, 0.25) is 0 Å². The third-order valence-electron chi connectivity index (χ3n) is 6.24. The Labute approximate surface area is 254 Å². The van der Waals surface area contributed by atoms with Crippen molar-refractivity contribution in [2.75, 3.05) is 58.4 Å². The Balaban J connectivity index is 2.08. The fraction of sp³-hybridized carbons (Fsp3) is 0.419. The SMILES string of the molecule is COc1cc(C(c2ccc(OCCCS)c(OC)c2)c2ccc(OCCCS)c(OC)c2)ccc1OCCCS. The van der Waals surface area contributed by atoms with Crippen molar-refractivity contribution >= 4 is 37.9 Å². The van der Waals surface area contributed by atoms with Gasteiger partial charge in [-0.2, -0.15) is 37.9 Å². The van der Waals surface area contributed by atoms with Crippen molar-refractivity contribution in [1.82, 2.24) is 0 Å². The van der Waals surface area contributed by atoms with E-state index in [4.69, 9.17) is 28.4 Å². The van der Waals surface area contributed by atoms with Gasteiger partial charge < -0.3 is 28.4 Å². The third-order valence-corrected chi connectivity index (χ3v) is 7.19. The normalized spacial score (nSPS) is 10.9. The Morgan fingerprint density at radius 2 is 0.775 bits per heavy atom. The molecule has 0 saturated heterocycles. The topological polar surface area (TPSA) is 55.4 Å². The summed E-state index contributed by atoms with van der Waals surface area (Å²) in [7, 11) is 4.96. The average Bonchev–Trinajstić information content (AvgIpc) is 2.99. The van der Waals surface area contributed by atoms with Crippen LogP contribution in [-0.4, -0.2) is 58.4 Å². The minimum atomic E-state index is -0.166. The average molecular weight is 605 g/mol. The second-order valence-electron chi connectivity index (χ2n) is 8.94. The van der Waals surface area contributed by atoms with Crippen LogP contribution in [0.5, 0.6) is 34.5 Å². The standard InChI is InChI=1S/C31H40O6S3/c1-32-28-19-22(7-10-25(28)35-13-4-16-38)31(23-8-11-26(29(20-23)33-2)36-14-5-17-39)24-9-12-27(30(21-24)34-3)37-15-6-18-40/h7-12,19-21,31,38-40H,4-6,13-18H2,1-3H3. The molecule has 3 aromatic carbocycles. The second kappa shape index (κ2) is 17.4. The van der Waals surface area contributed by atoms with E-state index < -0.39 is 0 Å². The largest absolute Gasteiger partial charge is 0.493 e. The number of hydrogen-bond acceptors (Lipinski definition) is 9. The predicted molar refractivity (Wildman–Crippen MR) is 172 cm³/mol. The van der Waals surface area contributed by atoms with E-state index in [0.717, 1.165) is 53.2 Å². The zero-order valence-electron chi connectivity index (χ0n) is 23.4. The molecule has 6 nitrogen and oxygen atoms in total. The van der Waals surface area contributed by atoms with E-state index in [-0.39, 0.29) is 5.92 Å². The molecule has 0 unspecified atom stereocenters. The Morgan fingerprint density at radius 1 is 0.475 bits per heavy atom. The van der Waals surface area contributed by atoms with Gasteiger partial charge in [0.25, 0.3) is 0 Å². The highest BCUT2D eigenvalue weighted by Crippen LogP contribution is 2.42. The van der Waals surface area contributed by atoms with E-state index in [0.29, 0.717) is 54.3 Å². The van der Waals surface area contributed by atoms with Crippen LogP contribution in [-0.2, 0) is 0 Å². The number of rotatable bonds is 18. The molecule has 0 amide bonds. The molecule has 40 heavy (non-hydrogen) atoms. The first kappa shape index (κ1) is 32.0. The molecule has 3 rings (SSSR count). The first-order chi connectivity index (χ1) is 19.6. The third kappa shape index (κ3) is 8.75. The monoisotopic (exact) mass is 604 g/mol. The summed E-state index contributed by atoms with van der Waals surface area (Å²) >= 11 is 12.8. The highest BCUT2D eigenvalue weighted by atomic mass is 32.1. The summed E-state index contributed by atoms with van der Waals surface area (Å²) in [5, 5.41) is 0. The fourth-order valence-electron chi connectivity index (χ4n) is 4.27. The van der Waals surface area contributed by atoms with E-state index in [1.54, 1.807) is 21.3 Å². The van der Waals surface area contributed by atoms with Gasteiger partial charge in [0.05, 0.1) is 41.2 Å². The zero-order chi connectivity index (χ0) is 28.7. The molecule has 0 spiro atoms. The van der Waals surface area contributed by atoms with E-state index in [2.05, 4.69) is 56.1 Å². The maximum Gasteiger partial charge on any atom is 0.161 e. The van der Waals surface area contributed by atoms with Crippen molar-refractivity contribution in [3.05, 3.63) is 71.3 Å². The fourth-order valence-corrected chi connectivity index (χ4v) is 4.65. The molecule has 0 N–H and O–H groups in total. The number of benzene rings is 3. The first-order valence-corrected chi connectivity index (χ1v) is 15.2. The summed E-state index contributed by atoms with van der Waals surface area (Å²) in [4.78, 5) is 0. The molecule has 9 heteroatoms. The number of thiol groups is 3. The van der Waals surface area contributed by atoms with Crippen molar-refractivity contribution < 1.29 is 28.4 Å². The van der Waals surface area contributed by atoms with Crippen molar-refractivity contribution in [2.24, 2.45) is 0 Å². The van der Waals surface area contributed by atoms with Gasteiger partial charge in [0.1, 0.15) is 0 Å². The summed E-state index contributed by atoms with van der Waals surface area (Å²) in [5.74, 6) is 6.20. The van der Waals surface area contributed by atoms with E-state index in [9.17, 15) is 0 Å². The highest BCUT2D eigenvalue weighted by Gasteiger charge is 2.22. The van der Waals surface area contributed by atoms with Gasteiger partial charge in [-0.05, 0) is 89.6 Å². The first-order valence-electron chi connectivity index (χ1n) is 13.3. The molecular weight excluding hydrogens is 565 g/mol. The van der Waals surface area contributed by atoms with Gasteiger partial charge >= 0.3 is 0 Å². The quantitative estimate of drug-likeness (QED) is 0.0827. The molecule has 218 valence electrons. The van der Waals surface area contributed by atoms with Gasteiger partial charge in [-0.3, -0.25) is 0 Å². The Morgan fingerprint density at radius 3 is 1.02 bits per heavy atom. The second-order valence-corrected chi connectivity index (χ2v) is 10.3. The molecule has 0 fully saturated rings. The van der Waals surface area contributed by atoms with Crippen molar-refractivity contribution in [3.8, 4) is 34.5 Å². The molecule has 0 heterocycles. The maximum absolute atomic E-state index is 5.95. The number of methoxy groups -OCH3 is 3. The number of ether oxygens (including phenoxy) is 6. The zero-order valence-corrected chi connectivity index (χ0v) is 26.1. The van der Waals surface area contributed by atoms with Crippen LogP contribution in [0.15, 0.2) is 54.6 Å². The van der Waals surface area contributed by atoms with Crippen LogP contribution >= 0.6 is 37.9 Å². The summed E-state index contributed by atoms with van der Waals surface area (Å²) < 4.78 is 35.1. The van der Waals surface area contributed by atoms with E-state index >= 15 is 0 Å². The minimum absolute atomic E-state index is 0.166. The molecule has 0 radical (unpaired) electrons. The molecule has 0 aliphatic carbocycles. The van der Waals surface area contributed by atoms with Crippen LogP contribution in [0.25, 0.3) is 0 Å². The van der Waals surface area contributed by atoms with Crippen molar-refractivity contribution in [3.63, 3.8) is 0 Å². The number of hydrogen-bond donors (Lipinski definition) is 3. The predicted octanol–water partition coefficient (Wildman–Crippen LogP) is 6.99. The molecule has 0 aliphatic rings. The van der Waals surface area contributed by atoms with E-state index in [1.165, 1.54) is 0 Å². The molecule has 0 aliphatic heterocycles. The molecular formula is C31H40O6S3. The maximum atomic E-state index is 5.95. The van der Waals surface area contributed by atoms with Crippen LogP contribution < -0.4 is 28.4 Å². The van der Waals surface area contributed by atoms with Gasteiger partial charge in [-0.15, -0.1) is 0 Å². The Bertz CT molecular complexity index is 1040. The molecule has 3 aromatic rings. The van der Waals surface area contributed by atoms with Gasteiger partial charge in [0.15, 0.2) is 34.5 Å². The summed E-state index contributed by atoms with van der Waals surface area (Å²) in [6, 6.07) is 18.1. The molecule has 0 atom stereocenters. The smallest absolute Gasteiger partial charge is 0.161 e. The van der Waals surface area contributed by atoms with Crippen molar-refractivity contribution in [1.29, 1.82) is 0 Å². The van der Waals surface area contributed by atoms with Crippen LogP contribution in [0.1, 0.15) is 41.9 Å². The van der Waals surface area contributed by atoms with Gasteiger partial charge in [0.2, 0.25) is 0 Å². The molecule has 0 aromatic heterocycles. The van der Waals surface area contributed by atoms with Crippen molar-refractivity contribution in [2.45, 2.75) is 25.2 Å². The molecule has 0 saturated carbocycles. The minimum Gasteiger partial charge on any atom is -0.493 e. The summed E-state index contributed by atoms with van der Waals surface area (Å²) in [6.07, 6.45) is 2.54. The molecule has 0 bridgehead atoms. The lowest BCUT2D eigenvalue weighted by Crippen LogP contribution is -2.07.